The zero-order valence-corrected chi connectivity index (χ0v) is 15.6. The van der Waals surface area contributed by atoms with Crippen LogP contribution in [-0.2, 0) is 11.0 Å². The quantitative estimate of drug-likeness (QED) is 0.816. The molecule has 1 fully saturated rings. The molecule has 1 saturated heterocycles. The van der Waals surface area contributed by atoms with Crippen LogP contribution < -0.4 is 19.9 Å². The monoisotopic (exact) mass is 394 g/mol. The molecule has 0 bridgehead atoms. The number of halogens is 3. The maximum atomic E-state index is 12.9. The molecule has 150 valence electrons. The van der Waals surface area contributed by atoms with E-state index in [0.717, 1.165) is 11.0 Å². The molecule has 0 aliphatic carbocycles. The molecule has 1 aliphatic heterocycles. The molecule has 1 heterocycles. The number of carbonyl (C=O) groups is 1. The Hall–Kier alpha value is -2.74. The number of alkyl halides is 3. The Morgan fingerprint density at radius 2 is 1.86 bits per heavy atom. The average molecular weight is 394 g/mol. The van der Waals surface area contributed by atoms with E-state index in [2.05, 4.69) is 5.32 Å². The fraction of sp³-hybridized carbons (Fsp3) is 0.350. The predicted octanol–water partition coefficient (Wildman–Crippen LogP) is 2.06. The number of para-hydroxylation sites is 2. The molecule has 0 saturated carbocycles. The number of hydrogen-bond donors (Lipinski definition) is 2. The van der Waals surface area contributed by atoms with E-state index in [0.29, 0.717) is 49.8 Å². The van der Waals surface area contributed by atoms with Crippen molar-refractivity contribution in [3.63, 3.8) is 0 Å². The van der Waals surface area contributed by atoms with E-state index in [9.17, 15) is 18.0 Å². The summed E-state index contributed by atoms with van der Waals surface area (Å²) in [6, 6.07) is 12.6. The van der Waals surface area contributed by atoms with Gasteiger partial charge in [-0.05, 0) is 30.3 Å². The highest BCUT2D eigenvalue weighted by Crippen LogP contribution is 2.31. The topological polar surface area (TPSA) is 46.0 Å². The molecule has 0 radical (unpaired) electrons. The summed E-state index contributed by atoms with van der Waals surface area (Å²) in [5.74, 6) is 0.479. The molecule has 0 aromatic heterocycles. The highest BCUT2D eigenvalue weighted by atomic mass is 19.4. The van der Waals surface area contributed by atoms with E-state index in [4.69, 9.17) is 4.74 Å². The standard InChI is InChI=1S/C20H22F3N3O2/c1-28-18-8-3-2-7-17(18)24-19(27)14-25-9-11-26(12-10-25)16-6-4-5-15(13-16)20(21,22)23/h2-8,13H,9-12,14H2,1H3,(H,24,27)/p+1. The first-order valence-electron chi connectivity index (χ1n) is 9.05. The summed E-state index contributed by atoms with van der Waals surface area (Å²) < 4.78 is 43.9. The number of nitrogens with zero attached hydrogens (tertiary/aromatic N) is 1. The summed E-state index contributed by atoms with van der Waals surface area (Å²) in [4.78, 5) is 15.3. The molecule has 2 N–H and O–H groups in total. The lowest BCUT2D eigenvalue weighted by atomic mass is 10.1. The van der Waals surface area contributed by atoms with Crippen LogP contribution in [0.4, 0.5) is 24.5 Å². The van der Waals surface area contributed by atoms with Gasteiger partial charge >= 0.3 is 6.18 Å². The number of amides is 1. The first kappa shape index (κ1) is 20.0. The maximum Gasteiger partial charge on any atom is 0.416 e. The minimum absolute atomic E-state index is 0.119. The number of anilines is 2. The Balaban J connectivity index is 1.54. The van der Waals surface area contributed by atoms with Gasteiger partial charge in [0, 0.05) is 5.69 Å². The lowest BCUT2D eigenvalue weighted by molar-refractivity contribution is -0.892. The van der Waals surface area contributed by atoms with Gasteiger partial charge in [0.25, 0.3) is 5.91 Å². The van der Waals surface area contributed by atoms with Crippen molar-refractivity contribution in [2.75, 3.05) is 50.1 Å². The Kier molecular flexibility index (Phi) is 6.08. The van der Waals surface area contributed by atoms with Gasteiger partial charge in [0.1, 0.15) is 5.75 Å². The number of carbonyl (C=O) groups excluding carboxylic acids is 1. The van der Waals surface area contributed by atoms with Gasteiger partial charge in [0.2, 0.25) is 0 Å². The summed E-state index contributed by atoms with van der Waals surface area (Å²) in [6.45, 7) is 2.84. The molecule has 8 heteroatoms. The first-order valence-corrected chi connectivity index (χ1v) is 9.05. The summed E-state index contributed by atoms with van der Waals surface area (Å²) in [6.07, 6.45) is -4.35. The number of hydrogen-bond acceptors (Lipinski definition) is 3. The molecule has 28 heavy (non-hydrogen) atoms. The fourth-order valence-corrected chi connectivity index (χ4v) is 3.31. The van der Waals surface area contributed by atoms with Crippen LogP contribution in [0.3, 0.4) is 0 Å². The van der Waals surface area contributed by atoms with Gasteiger partial charge in [-0.1, -0.05) is 18.2 Å². The summed E-state index contributed by atoms with van der Waals surface area (Å²) in [7, 11) is 1.54. The minimum atomic E-state index is -4.35. The largest absolute Gasteiger partial charge is 0.495 e. The normalized spacial score (nSPS) is 15.4. The molecule has 5 nitrogen and oxygen atoms in total. The van der Waals surface area contributed by atoms with Gasteiger partial charge < -0.3 is 19.9 Å². The number of benzene rings is 2. The van der Waals surface area contributed by atoms with Crippen molar-refractivity contribution < 1.29 is 27.6 Å². The summed E-state index contributed by atoms with van der Waals surface area (Å²) in [5.41, 5.74) is 0.542. The van der Waals surface area contributed by atoms with Gasteiger partial charge in [0.05, 0.1) is 44.5 Å². The Morgan fingerprint density at radius 3 is 2.54 bits per heavy atom. The van der Waals surface area contributed by atoms with Crippen molar-refractivity contribution in [2.24, 2.45) is 0 Å². The van der Waals surface area contributed by atoms with Crippen molar-refractivity contribution >= 4 is 17.3 Å². The zero-order valence-electron chi connectivity index (χ0n) is 15.6. The fourth-order valence-electron chi connectivity index (χ4n) is 3.31. The van der Waals surface area contributed by atoms with E-state index < -0.39 is 11.7 Å². The first-order chi connectivity index (χ1) is 13.4. The molecule has 1 amide bonds. The lowest BCUT2D eigenvalue weighted by Gasteiger charge is -2.33. The highest BCUT2D eigenvalue weighted by molar-refractivity contribution is 5.92. The predicted molar refractivity (Wildman–Crippen MR) is 101 cm³/mol. The van der Waals surface area contributed by atoms with Gasteiger partial charge in [-0.3, -0.25) is 4.79 Å². The number of ether oxygens (including phenoxy) is 1. The van der Waals surface area contributed by atoms with Crippen LogP contribution in [0, 0.1) is 0 Å². The van der Waals surface area contributed by atoms with Crippen molar-refractivity contribution in [1.29, 1.82) is 0 Å². The minimum Gasteiger partial charge on any atom is -0.495 e. The third-order valence-electron chi connectivity index (χ3n) is 4.80. The molecule has 2 aromatic rings. The van der Waals surface area contributed by atoms with Crippen LogP contribution in [-0.4, -0.2) is 45.7 Å². The van der Waals surface area contributed by atoms with Gasteiger partial charge in [0.15, 0.2) is 6.54 Å². The van der Waals surface area contributed by atoms with E-state index in [-0.39, 0.29) is 5.91 Å². The van der Waals surface area contributed by atoms with Crippen LogP contribution in [0.5, 0.6) is 5.75 Å². The van der Waals surface area contributed by atoms with E-state index in [1.54, 1.807) is 25.3 Å². The van der Waals surface area contributed by atoms with Crippen LogP contribution in [0.25, 0.3) is 0 Å². The average Bonchev–Trinajstić information content (AvgIpc) is 2.68. The second kappa shape index (κ2) is 8.52. The van der Waals surface area contributed by atoms with Crippen LogP contribution in [0.1, 0.15) is 5.56 Å². The van der Waals surface area contributed by atoms with E-state index in [1.165, 1.54) is 12.1 Å². The number of nitrogens with one attached hydrogen (secondary N) is 2. The number of rotatable bonds is 5. The molecule has 0 unspecified atom stereocenters. The zero-order chi connectivity index (χ0) is 20.1. The van der Waals surface area contributed by atoms with E-state index in [1.807, 2.05) is 17.0 Å². The van der Waals surface area contributed by atoms with Crippen LogP contribution in [0.2, 0.25) is 0 Å². The number of quaternary nitrogens is 1. The molecule has 2 aromatic carbocycles. The lowest BCUT2D eigenvalue weighted by Crippen LogP contribution is -3.15. The van der Waals surface area contributed by atoms with Gasteiger partial charge in [-0.15, -0.1) is 0 Å². The van der Waals surface area contributed by atoms with Crippen molar-refractivity contribution in [3.05, 3.63) is 54.1 Å². The third-order valence-corrected chi connectivity index (χ3v) is 4.80. The van der Waals surface area contributed by atoms with Crippen LogP contribution >= 0.6 is 0 Å². The molecule has 0 atom stereocenters. The summed E-state index contributed by atoms with van der Waals surface area (Å²) >= 11 is 0. The highest BCUT2D eigenvalue weighted by Gasteiger charge is 2.31. The van der Waals surface area contributed by atoms with Crippen LogP contribution in [0.15, 0.2) is 48.5 Å². The van der Waals surface area contributed by atoms with Gasteiger partial charge in [-0.25, -0.2) is 0 Å². The maximum absolute atomic E-state index is 12.9. The molecule has 0 spiro atoms. The summed E-state index contributed by atoms with van der Waals surface area (Å²) in [5, 5.41) is 2.85. The smallest absolute Gasteiger partial charge is 0.416 e. The number of piperazine rings is 1. The van der Waals surface area contributed by atoms with Crippen molar-refractivity contribution in [3.8, 4) is 5.75 Å². The Labute approximate surface area is 161 Å². The van der Waals surface area contributed by atoms with E-state index >= 15 is 0 Å². The number of methoxy groups -OCH3 is 1. The SMILES string of the molecule is COc1ccccc1NC(=O)C[NH+]1CCN(c2cccc(C(F)(F)F)c2)CC1. The molecule has 1 aliphatic rings. The molecular formula is C20H23F3N3O2+. The van der Waals surface area contributed by atoms with Crippen molar-refractivity contribution in [2.45, 2.75) is 6.18 Å². The molecule has 3 rings (SSSR count). The van der Waals surface area contributed by atoms with Crippen molar-refractivity contribution in [1.82, 2.24) is 0 Å². The Bertz CT molecular complexity index is 818. The molecular weight excluding hydrogens is 371 g/mol. The second-order valence-electron chi connectivity index (χ2n) is 6.71. The second-order valence-corrected chi connectivity index (χ2v) is 6.71. The van der Waals surface area contributed by atoms with Gasteiger partial charge in [-0.2, -0.15) is 13.2 Å². The Morgan fingerprint density at radius 1 is 1.14 bits per heavy atom. The third kappa shape index (κ3) is 4.95.